The molecule has 1 amide bonds. The summed E-state index contributed by atoms with van der Waals surface area (Å²) in [6.45, 7) is 2.18. The van der Waals surface area contributed by atoms with Crippen LogP contribution in [0, 0.1) is 12.8 Å². The number of hydrogen-bond donors (Lipinski definition) is 0. The fraction of sp³-hybridized carbons (Fsp3) is 0.429. The van der Waals surface area contributed by atoms with Crippen molar-refractivity contribution in [3.05, 3.63) is 22.7 Å². The Morgan fingerprint density at radius 3 is 2.70 bits per heavy atom. The fourth-order valence-corrected chi connectivity index (χ4v) is 2.59. The van der Waals surface area contributed by atoms with Crippen LogP contribution in [0.15, 0.2) is 12.1 Å². The van der Waals surface area contributed by atoms with Gasteiger partial charge in [0, 0.05) is 18.7 Å². The van der Waals surface area contributed by atoms with Crippen LogP contribution in [0.5, 0.6) is 5.75 Å². The molecule has 0 spiro atoms. The molecule has 0 saturated carbocycles. The van der Waals surface area contributed by atoms with Gasteiger partial charge in [0.15, 0.2) is 0 Å². The zero-order chi connectivity index (χ0) is 14.9. The van der Waals surface area contributed by atoms with E-state index < -0.39 is 5.92 Å². The lowest BCUT2D eigenvalue weighted by atomic mass is 10.1. The number of esters is 1. The van der Waals surface area contributed by atoms with Crippen LogP contribution in [-0.4, -0.2) is 32.6 Å². The predicted octanol–water partition coefficient (Wildman–Crippen LogP) is 2.18. The van der Waals surface area contributed by atoms with Crippen molar-refractivity contribution in [2.75, 3.05) is 25.7 Å². The van der Waals surface area contributed by atoms with E-state index in [1.165, 1.54) is 14.2 Å². The average Bonchev–Trinajstić information content (AvgIpc) is 2.81. The van der Waals surface area contributed by atoms with Crippen LogP contribution in [-0.2, 0) is 14.3 Å². The number of carbonyl (C=O) groups excluding carboxylic acids is 2. The Hall–Kier alpha value is -1.75. The maximum Gasteiger partial charge on any atom is 0.311 e. The second-order valence-corrected chi connectivity index (χ2v) is 5.11. The van der Waals surface area contributed by atoms with Crippen LogP contribution >= 0.6 is 11.6 Å². The average molecular weight is 298 g/mol. The van der Waals surface area contributed by atoms with Gasteiger partial charge in [-0.2, -0.15) is 0 Å². The first-order valence-corrected chi connectivity index (χ1v) is 6.58. The number of anilines is 1. The van der Waals surface area contributed by atoms with Crippen molar-refractivity contribution in [3.8, 4) is 5.75 Å². The van der Waals surface area contributed by atoms with Crippen LogP contribution in [0.2, 0.25) is 5.02 Å². The summed E-state index contributed by atoms with van der Waals surface area (Å²) in [6, 6.07) is 3.46. The Balaban J connectivity index is 2.31. The highest BCUT2D eigenvalue weighted by atomic mass is 35.5. The van der Waals surface area contributed by atoms with Crippen molar-refractivity contribution in [2.24, 2.45) is 5.92 Å². The Kier molecular flexibility index (Phi) is 4.18. The summed E-state index contributed by atoms with van der Waals surface area (Å²) in [7, 11) is 2.86. The third-order valence-electron chi connectivity index (χ3n) is 3.42. The minimum absolute atomic E-state index is 0.107. The molecular formula is C14H16ClNO4. The molecule has 1 aliphatic rings. The number of carbonyl (C=O) groups is 2. The van der Waals surface area contributed by atoms with Gasteiger partial charge in [0.05, 0.1) is 25.2 Å². The van der Waals surface area contributed by atoms with Gasteiger partial charge in [0.2, 0.25) is 5.91 Å². The van der Waals surface area contributed by atoms with Gasteiger partial charge in [-0.1, -0.05) is 11.6 Å². The summed E-state index contributed by atoms with van der Waals surface area (Å²) in [5, 5.41) is 0.433. The second kappa shape index (κ2) is 5.71. The van der Waals surface area contributed by atoms with Crippen LogP contribution in [0.1, 0.15) is 12.0 Å². The molecule has 0 aromatic heterocycles. The van der Waals surface area contributed by atoms with Gasteiger partial charge in [-0.15, -0.1) is 0 Å². The van der Waals surface area contributed by atoms with Crippen molar-refractivity contribution in [1.29, 1.82) is 0 Å². The lowest BCUT2D eigenvalue weighted by molar-refractivity contribution is -0.145. The summed E-state index contributed by atoms with van der Waals surface area (Å²) in [5.74, 6) is -0.334. The molecule has 1 unspecified atom stereocenters. The normalized spacial score (nSPS) is 18.3. The number of rotatable bonds is 3. The number of aryl methyl sites for hydroxylation is 1. The molecule has 0 aliphatic carbocycles. The molecule has 1 aromatic carbocycles. The zero-order valence-corrected chi connectivity index (χ0v) is 12.4. The monoisotopic (exact) mass is 297 g/mol. The maximum atomic E-state index is 12.1. The van der Waals surface area contributed by atoms with Gasteiger partial charge in [0.1, 0.15) is 5.75 Å². The second-order valence-electron chi connectivity index (χ2n) is 4.70. The van der Waals surface area contributed by atoms with Crippen molar-refractivity contribution < 1.29 is 19.1 Å². The zero-order valence-electron chi connectivity index (χ0n) is 11.6. The molecule has 6 heteroatoms. The third-order valence-corrected chi connectivity index (χ3v) is 3.72. The molecule has 1 heterocycles. The number of methoxy groups -OCH3 is 2. The Morgan fingerprint density at radius 1 is 1.40 bits per heavy atom. The number of hydrogen-bond acceptors (Lipinski definition) is 4. The van der Waals surface area contributed by atoms with Gasteiger partial charge < -0.3 is 14.4 Å². The molecule has 20 heavy (non-hydrogen) atoms. The quantitative estimate of drug-likeness (QED) is 0.803. The van der Waals surface area contributed by atoms with E-state index in [2.05, 4.69) is 0 Å². The Labute approximate surface area is 122 Å². The summed E-state index contributed by atoms with van der Waals surface area (Å²) < 4.78 is 9.83. The van der Waals surface area contributed by atoms with Crippen LogP contribution < -0.4 is 9.64 Å². The number of benzene rings is 1. The Morgan fingerprint density at radius 2 is 2.10 bits per heavy atom. The summed E-state index contributed by atoms with van der Waals surface area (Å²) in [4.78, 5) is 25.2. The number of nitrogens with zero attached hydrogens (tertiary/aromatic N) is 1. The maximum absolute atomic E-state index is 12.1. The SMILES string of the molecule is COC(=O)C1CC(=O)N(c2cc(Cl)c(OC)cc2C)C1. The highest BCUT2D eigenvalue weighted by Crippen LogP contribution is 2.35. The summed E-state index contributed by atoms with van der Waals surface area (Å²) >= 11 is 6.10. The first kappa shape index (κ1) is 14.7. The summed E-state index contributed by atoms with van der Waals surface area (Å²) in [6.07, 6.45) is 0.162. The van der Waals surface area contributed by atoms with Gasteiger partial charge >= 0.3 is 5.97 Å². The van der Waals surface area contributed by atoms with Crippen molar-refractivity contribution in [1.82, 2.24) is 0 Å². The highest BCUT2D eigenvalue weighted by Gasteiger charge is 2.36. The molecule has 5 nitrogen and oxygen atoms in total. The number of amides is 1. The van der Waals surface area contributed by atoms with E-state index in [0.717, 1.165) is 5.56 Å². The molecule has 0 N–H and O–H groups in total. The topological polar surface area (TPSA) is 55.8 Å². The number of halogens is 1. The van der Waals surface area contributed by atoms with E-state index in [1.54, 1.807) is 17.0 Å². The van der Waals surface area contributed by atoms with Crippen LogP contribution in [0.25, 0.3) is 0 Å². The van der Waals surface area contributed by atoms with Crippen molar-refractivity contribution in [3.63, 3.8) is 0 Å². The number of ether oxygens (including phenoxy) is 2. The van der Waals surface area contributed by atoms with Gasteiger partial charge in [-0.05, 0) is 24.6 Å². The molecule has 0 bridgehead atoms. The van der Waals surface area contributed by atoms with E-state index in [1.807, 2.05) is 6.92 Å². The molecular weight excluding hydrogens is 282 g/mol. The smallest absolute Gasteiger partial charge is 0.311 e. The minimum Gasteiger partial charge on any atom is -0.495 e. The van der Waals surface area contributed by atoms with Crippen molar-refractivity contribution >= 4 is 29.2 Å². The molecule has 1 fully saturated rings. The van der Waals surface area contributed by atoms with Crippen LogP contribution in [0.4, 0.5) is 5.69 Å². The highest BCUT2D eigenvalue weighted by molar-refractivity contribution is 6.32. The van der Waals surface area contributed by atoms with E-state index in [9.17, 15) is 9.59 Å². The standard InChI is InChI=1S/C14H16ClNO4/c1-8-4-12(19-2)10(15)6-11(8)16-7-9(5-13(16)17)14(18)20-3/h4,6,9H,5,7H2,1-3H3. The third kappa shape index (κ3) is 2.58. The first-order valence-electron chi connectivity index (χ1n) is 6.20. The molecule has 2 rings (SSSR count). The Bertz CT molecular complexity index is 558. The summed E-state index contributed by atoms with van der Waals surface area (Å²) in [5.41, 5.74) is 1.57. The molecule has 108 valence electrons. The van der Waals surface area contributed by atoms with Gasteiger partial charge in [0.25, 0.3) is 0 Å². The van der Waals surface area contributed by atoms with Crippen molar-refractivity contribution in [2.45, 2.75) is 13.3 Å². The largest absolute Gasteiger partial charge is 0.495 e. The molecule has 0 radical (unpaired) electrons. The fourth-order valence-electron chi connectivity index (χ4n) is 2.36. The molecule has 1 atom stereocenters. The van der Waals surface area contributed by atoms with E-state index in [0.29, 0.717) is 23.0 Å². The predicted molar refractivity (Wildman–Crippen MR) is 75.2 cm³/mol. The minimum atomic E-state index is -0.423. The lowest BCUT2D eigenvalue weighted by Crippen LogP contribution is -2.26. The molecule has 1 aromatic rings. The van der Waals surface area contributed by atoms with Gasteiger partial charge in [-0.25, -0.2) is 0 Å². The van der Waals surface area contributed by atoms with E-state index in [4.69, 9.17) is 21.1 Å². The van der Waals surface area contributed by atoms with Crippen LogP contribution in [0.3, 0.4) is 0 Å². The molecule has 1 aliphatic heterocycles. The van der Waals surface area contributed by atoms with Gasteiger partial charge in [-0.3, -0.25) is 9.59 Å². The molecule has 1 saturated heterocycles. The van der Waals surface area contributed by atoms with E-state index in [-0.39, 0.29) is 18.3 Å². The van der Waals surface area contributed by atoms with E-state index >= 15 is 0 Å². The first-order chi connectivity index (χ1) is 9.47. The lowest BCUT2D eigenvalue weighted by Gasteiger charge is -2.20.